The van der Waals surface area contributed by atoms with Crippen molar-refractivity contribution in [1.29, 1.82) is 0 Å². The second-order valence-corrected chi connectivity index (χ2v) is 5.37. The zero-order valence-corrected chi connectivity index (χ0v) is 9.95. The first kappa shape index (κ1) is 12.7. The number of hydrogen-bond acceptors (Lipinski definition) is 1. The van der Waals surface area contributed by atoms with Gasteiger partial charge in [0, 0.05) is 6.04 Å². The molecule has 3 atom stereocenters. The Morgan fingerprint density at radius 2 is 1.32 bits per heavy atom. The lowest BCUT2D eigenvalue weighted by Crippen LogP contribution is -2.27. The standard InChI is InChI=1S/C13H12F5N/c14-8-9(15)11(17)13(12(18)10(8)16)19-7-4-5-1-2-6(7)3-5/h5-7,19H,1-4H2. The molecular formula is C13H12F5N. The van der Waals surface area contributed by atoms with Gasteiger partial charge in [0.25, 0.3) is 0 Å². The summed E-state index contributed by atoms with van der Waals surface area (Å²) < 4.78 is 66.1. The Morgan fingerprint density at radius 3 is 1.79 bits per heavy atom. The summed E-state index contributed by atoms with van der Waals surface area (Å²) in [5.74, 6) is -8.70. The third-order valence-electron chi connectivity index (χ3n) is 4.28. The lowest BCUT2D eigenvalue weighted by atomic mass is 9.95. The molecule has 0 spiro atoms. The van der Waals surface area contributed by atoms with Gasteiger partial charge in [-0.05, 0) is 31.1 Å². The summed E-state index contributed by atoms with van der Waals surface area (Å²) in [6.07, 6.45) is 3.72. The third-order valence-corrected chi connectivity index (χ3v) is 4.28. The number of rotatable bonds is 2. The van der Waals surface area contributed by atoms with Crippen molar-refractivity contribution >= 4 is 5.69 Å². The van der Waals surface area contributed by atoms with Crippen LogP contribution in [0.15, 0.2) is 0 Å². The van der Waals surface area contributed by atoms with E-state index in [1.807, 2.05) is 0 Å². The van der Waals surface area contributed by atoms with Crippen LogP contribution in [0.5, 0.6) is 0 Å². The predicted octanol–water partition coefficient (Wildman–Crippen LogP) is 3.98. The van der Waals surface area contributed by atoms with E-state index in [9.17, 15) is 22.0 Å². The highest BCUT2D eigenvalue weighted by molar-refractivity contribution is 5.49. The maximum absolute atomic E-state index is 13.5. The van der Waals surface area contributed by atoms with Crippen LogP contribution >= 0.6 is 0 Å². The van der Waals surface area contributed by atoms with Crippen LogP contribution in [0.25, 0.3) is 0 Å². The van der Waals surface area contributed by atoms with Crippen molar-refractivity contribution in [2.24, 2.45) is 11.8 Å². The van der Waals surface area contributed by atoms with Crippen LogP contribution < -0.4 is 5.32 Å². The lowest BCUT2D eigenvalue weighted by molar-refractivity contribution is 0.377. The second kappa shape index (κ2) is 4.35. The summed E-state index contributed by atoms with van der Waals surface area (Å²) in [6, 6.07) is -0.202. The van der Waals surface area contributed by atoms with Gasteiger partial charge < -0.3 is 5.32 Å². The van der Waals surface area contributed by atoms with Gasteiger partial charge in [-0.3, -0.25) is 0 Å². The van der Waals surface area contributed by atoms with Crippen LogP contribution in [0, 0.1) is 40.9 Å². The van der Waals surface area contributed by atoms with Crippen molar-refractivity contribution in [3.8, 4) is 0 Å². The average molecular weight is 277 g/mol. The van der Waals surface area contributed by atoms with Crippen LogP contribution in [-0.4, -0.2) is 6.04 Å². The van der Waals surface area contributed by atoms with Gasteiger partial charge in [0.1, 0.15) is 5.69 Å². The molecule has 1 nitrogen and oxygen atoms in total. The van der Waals surface area contributed by atoms with E-state index in [0.29, 0.717) is 5.92 Å². The molecule has 2 fully saturated rings. The van der Waals surface area contributed by atoms with Crippen molar-refractivity contribution in [2.45, 2.75) is 31.7 Å². The van der Waals surface area contributed by atoms with Gasteiger partial charge in [-0.2, -0.15) is 0 Å². The van der Waals surface area contributed by atoms with Gasteiger partial charge in [0.2, 0.25) is 5.82 Å². The number of hydrogen-bond donors (Lipinski definition) is 1. The first-order valence-electron chi connectivity index (χ1n) is 6.27. The summed E-state index contributed by atoms with van der Waals surface area (Å²) in [4.78, 5) is 0. The summed E-state index contributed by atoms with van der Waals surface area (Å²) in [6.45, 7) is 0. The predicted molar refractivity (Wildman–Crippen MR) is 59.1 cm³/mol. The van der Waals surface area contributed by atoms with E-state index in [1.165, 1.54) is 0 Å². The van der Waals surface area contributed by atoms with Crippen LogP contribution in [-0.2, 0) is 0 Å². The van der Waals surface area contributed by atoms with E-state index in [-0.39, 0.29) is 12.0 Å². The number of fused-ring (bicyclic) bond motifs is 2. The van der Waals surface area contributed by atoms with Gasteiger partial charge in [-0.25, -0.2) is 22.0 Å². The van der Waals surface area contributed by atoms with Gasteiger partial charge in [0.05, 0.1) is 0 Å². The summed E-state index contributed by atoms with van der Waals surface area (Å²) in [5, 5.41) is 2.52. The fraction of sp³-hybridized carbons (Fsp3) is 0.538. The maximum atomic E-state index is 13.5. The molecule has 6 heteroatoms. The smallest absolute Gasteiger partial charge is 0.200 e. The SMILES string of the molecule is Fc1c(F)c(F)c(NC2CC3CCC2C3)c(F)c1F. The minimum Gasteiger partial charge on any atom is -0.377 e. The highest BCUT2D eigenvalue weighted by Crippen LogP contribution is 2.46. The molecule has 0 heterocycles. The van der Waals surface area contributed by atoms with E-state index < -0.39 is 34.8 Å². The Balaban J connectivity index is 1.93. The molecule has 1 aromatic rings. The molecule has 104 valence electrons. The first-order valence-corrected chi connectivity index (χ1v) is 6.27. The summed E-state index contributed by atoms with van der Waals surface area (Å²) >= 11 is 0. The zero-order chi connectivity index (χ0) is 13.7. The number of benzene rings is 1. The van der Waals surface area contributed by atoms with Crippen molar-refractivity contribution in [3.05, 3.63) is 29.1 Å². The van der Waals surface area contributed by atoms with Gasteiger partial charge >= 0.3 is 0 Å². The van der Waals surface area contributed by atoms with Crippen molar-refractivity contribution in [2.75, 3.05) is 5.32 Å². The Kier molecular flexibility index (Phi) is 2.91. The molecule has 3 unspecified atom stereocenters. The molecule has 2 bridgehead atoms. The fourth-order valence-electron chi connectivity index (χ4n) is 3.34. The molecule has 0 radical (unpaired) electrons. The normalized spacial score (nSPS) is 29.0. The molecule has 2 aliphatic carbocycles. The molecule has 0 saturated heterocycles. The number of nitrogens with one attached hydrogen (secondary N) is 1. The molecule has 0 aromatic heterocycles. The minimum absolute atomic E-state index is 0.202. The lowest BCUT2D eigenvalue weighted by Gasteiger charge is -2.24. The van der Waals surface area contributed by atoms with E-state index >= 15 is 0 Å². The van der Waals surface area contributed by atoms with Crippen molar-refractivity contribution in [1.82, 2.24) is 0 Å². The number of halogens is 5. The molecule has 19 heavy (non-hydrogen) atoms. The zero-order valence-electron chi connectivity index (χ0n) is 9.95. The monoisotopic (exact) mass is 277 g/mol. The van der Waals surface area contributed by atoms with E-state index in [2.05, 4.69) is 5.32 Å². The second-order valence-electron chi connectivity index (χ2n) is 5.37. The molecule has 2 aliphatic rings. The molecular weight excluding hydrogens is 265 g/mol. The summed E-state index contributed by atoms with van der Waals surface area (Å²) in [5.41, 5.74) is -0.894. The van der Waals surface area contributed by atoms with Crippen LogP contribution in [0.3, 0.4) is 0 Å². The van der Waals surface area contributed by atoms with Crippen molar-refractivity contribution < 1.29 is 22.0 Å². The summed E-state index contributed by atoms with van der Waals surface area (Å²) in [7, 11) is 0. The Hall–Kier alpha value is -1.33. The minimum atomic E-state index is -2.12. The average Bonchev–Trinajstić information content (AvgIpc) is 3.01. The fourth-order valence-corrected chi connectivity index (χ4v) is 3.34. The van der Waals surface area contributed by atoms with Crippen molar-refractivity contribution in [3.63, 3.8) is 0 Å². The Bertz CT molecular complexity index is 501. The van der Waals surface area contributed by atoms with Crippen LogP contribution in [0.2, 0.25) is 0 Å². The molecule has 3 rings (SSSR count). The quantitative estimate of drug-likeness (QED) is 0.490. The number of anilines is 1. The van der Waals surface area contributed by atoms with Crippen LogP contribution in [0.1, 0.15) is 25.7 Å². The third kappa shape index (κ3) is 1.88. The van der Waals surface area contributed by atoms with E-state index in [4.69, 9.17) is 0 Å². The van der Waals surface area contributed by atoms with E-state index in [1.54, 1.807) is 0 Å². The van der Waals surface area contributed by atoms with Gasteiger partial charge in [-0.1, -0.05) is 6.42 Å². The Labute approximate surface area is 106 Å². The maximum Gasteiger partial charge on any atom is 0.200 e. The van der Waals surface area contributed by atoms with Crippen LogP contribution in [0.4, 0.5) is 27.6 Å². The Morgan fingerprint density at radius 1 is 0.737 bits per heavy atom. The molecule has 1 N–H and O–H groups in total. The molecule has 1 aromatic carbocycles. The highest BCUT2D eigenvalue weighted by Gasteiger charge is 2.40. The topological polar surface area (TPSA) is 12.0 Å². The van der Waals surface area contributed by atoms with Gasteiger partial charge in [-0.15, -0.1) is 0 Å². The highest BCUT2D eigenvalue weighted by atomic mass is 19.2. The first-order chi connectivity index (χ1) is 8.99. The van der Waals surface area contributed by atoms with Gasteiger partial charge in [0.15, 0.2) is 23.3 Å². The molecule has 0 amide bonds. The molecule has 0 aliphatic heterocycles. The molecule has 2 saturated carbocycles. The largest absolute Gasteiger partial charge is 0.377 e. The van der Waals surface area contributed by atoms with E-state index in [0.717, 1.165) is 25.7 Å².